The molecule has 0 aromatic heterocycles. The van der Waals surface area contributed by atoms with Gasteiger partial charge in [0.1, 0.15) is 0 Å². The maximum absolute atomic E-state index is 3.23. The van der Waals surface area contributed by atoms with E-state index in [1.807, 2.05) is 7.05 Å². The number of hydrogen-bond acceptors (Lipinski definition) is 2. The Bertz CT molecular complexity index is 49.7. The molecule has 0 heterocycles. The fourth-order valence-corrected chi connectivity index (χ4v) is 0.794. The standard InChI is InChI=1S/C5H13N2.Al.2H/c1-5(7-2)3-4-6;;;/h5-7H,3-4H2,1-2H3;;;/q-1;+1;;. The van der Waals surface area contributed by atoms with Crippen LogP contribution in [0.2, 0.25) is 0 Å². The van der Waals surface area contributed by atoms with Crippen LogP contribution in [-0.2, 0) is 0 Å². The molecule has 0 saturated heterocycles. The zero-order chi connectivity index (χ0) is 6.41. The van der Waals surface area contributed by atoms with Gasteiger partial charge in [0.15, 0.2) is 0 Å². The van der Waals surface area contributed by atoms with E-state index in [4.69, 9.17) is 0 Å². The van der Waals surface area contributed by atoms with E-state index < -0.39 is 0 Å². The van der Waals surface area contributed by atoms with E-state index in [0.29, 0.717) is 6.04 Å². The van der Waals surface area contributed by atoms with E-state index >= 15 is 0 Å². The van der Waals surface area contributed by atoms with Gasteiger partial charge in [-0.05, 0) is 26.9 Å². The predicted molar refractivity (Wildman–Crippen MR) is 39.7 cm³/mol. The Morgan fingerprint density at radius 1 is 1.62 bits per heavy atom. The first-order chi connectivity index (χ1) is 3.81. The van der Waals surface area contributed by atoms with Gasteiger partial charge in [0.05, 0.1) is 0 Å². The first-order valence-corrected chi connectivity index (χ1v) is 4.13. The van der Waals surface area contributed by atoms with E-state index in [1.54, 1.807) is 0 Å². The van der Waals surface area contributed by atoms with Gasteiger partial charge in [-0.1, -0.05) is 0 Å². The molecule has 1 atom stereocenters. The molecule has 0 aromatic carbocycles. The van der Waals surface area contributed by atoms with Crippen molar-refractivity contribution in [3.8, 4) is 0 Å². The van der Waals surface area contributed by atoms with Gasteiger partial charge in [-0.2, -0.15) is 0 Å². The van der Waals surface area contributed by atoms with Crippen LogP contribution < -0.4 is 9.62 Å². The van der Waals surface area contributed by atoms with Gasteiger partial charge in [-0.15, -0.1) is 0 Å². The summed E-state index contributed by atoms with van der Waals surface area (Å²) in [5, 5.41) is 3.18. The van der Waals surface area contributed by atoms with E-state index in [2.05, 4.69) is 16.5 Å². The highest BCUT2D eigenvalue weighted by Crippen LogP contribution is 1.84. The summed E-state index contributed by atoms with van der Waals surface area (Å²) in [5.74, 6) is 0. The van der Waals surface area contributed by atoms with Gasteiger partial charge in [-0.3, -0.25) is 0 Å². The van der Waals surface area contributed by atoms with Crippen LogP contribution >= 0.6 is 0 Å². The molecule has 0 radical (unpaired) electrons. The van der Waals surface area contributed by atoms with Gasteiger partial charge < -0.3 is 9.62 Å². The normalized spacial score (nSPS) is 13.8. The van der Waals surface area contributed by atoms with Crippen molar-refractivity contribution in [2.75, 3.05) is 13.6 Å². The molecule has 0 aliphatic heterocycles. The highest BCUT2D eigenvalue weighted by Gasteiger charge is 1.92. The Balaban J connectivity index is 2.86. The summed E-state index contributed by atoms with van der Waals surface area (Å²) in [6, 6.07) is 0.663. The summed E-state index contributed by atoms with van der Waals surface area (Å²) in [6.07, 6.45) is 1.24. The molecule has 0 aromatic rings. The highest BCUT2D eigenvalue weighted by molar-refractivity contribution is 6.04. The van der Waals surface area contributed by atoms with Crippen LogP contribution in [0.1, 0.15) is 13.3 Å². The average molecular weight is 130 g/mol. The molecule has 1 unspecified atom stereocenters. The van der Waals surface area contributed by atoms with Gasteiger partial charge in [0.25, 0.3) is 0 Å². The van der Waals surface area contributed by atoms with E-state index in [-0.39, 0.29) is 0 Å². The Morgan fingerprint density at radius 2 is 2.25 bits per heavy atom. The first-order valence-electron chi connectivity index (χ1n) is 3.13. The van der Waals surface area contributed by atoms with E-state index in [1.165, 1.54) is 6.42 Å². The third kappa shape index (κ3) is 4.61. The molecule has 0 rings (SSSR count). The van der Waals surface area contributed by atoms with Crippen molar-refractivity contribution in [3.63, 3.8) is 0 Å². The monoisotopic (exact) mass is 130 g/mol. The van der Waals surface area contributed by atoms with Gasteiger partial charge in [-0.25, -0.2) is 0 Å². The van der Waals surface area contributed by atoms with Crippen LogP contribution in [0, 0.1) is 0 Å². The number of hydrogen-bond donors (Lipinski definition) is 2. The minimum absolute atomic E-state index is 0.663. The van der Waals surface area contributed by atoms with Gasteiger partial charge in [0, 0.05) is 6.04 Å². The van der Waals surface area contributed by atoms with Gasteiger partial charge >= 0.3 is 16.5 Å². The van der Waals surface area contributed by atoms with Gasteiger partial charge in [0.2, 0.25) is 0 Å². The van der Waals surface area contributed by atoms with Crippen LogP contribution in [0.4, 0.5) is 0 Å². The quantitative estimate of drug-likeness (QED) is 0.483. The zero-order valence-electron chi connectivity index (χ0n) is 5.99. The van der Waals surface area contributed by atoms with Crippen molar-refractivity contribution in [2.24, 2.45) is 0 Å². The van der Waals surface area contributed by atoms with Crippen molar-refractivity contribution in [3.05, 3.63) is 0 Å². The Morgan fingerprint density at radius 3 is 2.62 bits per heavy atom. The third-order valence-corrected chi connectivity index (χ3v) is 1.82. The van der Waals surface area contributed by atoms with Crippen molar-refractivity contribution in [1.82, 2.24) is 9.62 Å². The van der Waals surface area contributed by atoms with Crippen LogP contribution in [0.15, 0.2) is 0 Å². The highest BCUT2D eigenvalue weighted by atomic mass is 27.1. The third-order valence-electron chi connectivity index (χ3n) is 1.32. The summed E-state index contributed by atoms with van der Waals surface area (Å²) < 4.78 is 3.23. The first kappa shape index (κ1) is 8.45. The topological polar surface area (TPSA) is 24.1 Å². The SMILES string of the molecule is CNC(C)CC[NH][AlH2]. The molecule has 3 heteroatoms. The molecule has 0 fully saturated rings. The van der Waals surface area contributed by atoms with Crippen LogP contribution in [0.5, 0.6) is 0 Å². The molecular formula is C5H15AlN2. The fraction of sp³-hybridized carbons (Fsp3) is 1.00. The molecule has 0 spiro atoms. The minimum atomic E-state index is 0.663. The lowest BCUT2D eigenvalue weighted by Crippen LogP contribution is -2.25. The molecule has 2 nitrogen and oxygen atoms in total. The summed E-state index contributed by atoms with van der Waals surface area (Å²) in [6.45, 7) is 3.35. The summed E-state index contributed by atoms with van der Waals surface area (Å²) in [4.78, 5) is 0. The summed E-state index contributed by atoms with van der Waals surface area (Å²) >= 11 is 1.12. The lowest BCUT2D eigenvalue weighted by atomic mass is 10.2. The molecule has 8 heavy (non-hydrogen) atoms. The van der Waals surface area contributed by atoms with Crippen molar-refractivity contribution >= 4 is 16.5 Å². The predicted octanol–water partition coefficient (Wildman–Crippen LogP) is -0.878. The lowest BCUT2D eigenvalue weighted by Gasteiger charge is -2.07. The molecule has 48 valence electrons. The lowest BCUT2D eigenvalue weighted by molar-refractivity contribution is 0.563. The fourth-order valence-electron chi connectivity index (χ4n) is 0.505. The molecule has 0 bridgehead atoms. The molecule has 0 saturated carbocycles. The maximum atomic E-state index is 3.23. The Kier molecular flexibility index (Phi) is 5.90. The van der Waals surface area contributed by atoms with E-state index in [9.17, 15) is 0 Å². The smallest absolute Gasteiger partial charge is 0.318 e. The second-order valence-corrected chi connectivity index (χ2v) is 2.79. The number of rotatable bonds is 4. The minimum Gasteiger partial charge on any atom is -0.404 e. The Hall–Kier alpha value is 0.452. The number of nitrogens with one attached hydrogen (secondary N) is 2. The largest absolute Gasteiger partial charge is 0.404 e. The van der Waals surface area contributed by atoms with E-state index in [0.717, 1.165) is 23.1 Å². The molecule has 0 aliphatic rings. The molecular weight excluding hydrogens is 115 g/mol. The van der Waals surface area contributed by atoms with Crippen molar-refractivity contribution < 1.29 is 0 Å². The second kappa shape index (κ2) is 5.59. The molecule has 2 N–H and O–H groups in total. The van der Waals surface area contributed by atoms with Crippen molar-refractivity contribution in [2.45, 2.75) is 19.4 Å². The summed E-state index contributed by atoms with van der Waals surface area (Å²) in [7, 11) is 2.00. The average Bonchev–Trinajstić information content (AvgIpc) is 1.83. The van der Waals surface area contributed by atoms with Crippen LogP contribution in [-0.4, -0.2) is 36.1 Å². The van der Waals surface area contributed by atoms with Crippen molar-refractivity contribution in [1.29, 1.82) is 0 Å². The van der Waals surface area contributed by atoms with Crippen LogP contribution in [0.3, 0.4) is 0 Å². The molecule has 0 aliphatic carbocycles. The van der Waals surface area contributed by atoms with Crippen LogP contribution in [0.25, 0.3) is 0 Å². The zero-order valence-corrected chi connectivity index (χ0v) is 7.99. The second-order valence-electron chi connectivity index (χ2n) is 2.08. The summed E-state index contributed by atoms with van der Waals surface area (Å²) in [5.41, 5.74) is 0. The maximum Gasteiger partial charge on any atom is 0.318 e. The Labute approximate surface area is 59.7 Å². The molecule has 0 amide bonds.